The molecule has 0 spiro atoms. The van der Waals surface area contributed by atoms with E-state index in [4.69, 9.17) is 0 Å². The molecule has 10 heteroatoms. The number of carbonyl (C=O) groups is 1. The molecule has 4 rings (SSSR count). The Balaban J connectivity index is 1.76. The molecule has 1 aliphatic rings. The van der Waals surface area contributed by atoms with Crippen molar-refractivity contribution < 1.29 is 13.2 Å². The van der Waals surface area contributed by atoms with Gasteiger partial charge in [0.25, 0.3) is 11.5 Å². The van der Waals surface area contributed by atoms with Gasteiger partial charge in [-0.3, -0.25) is 14.3 Å². The number of aryl methyl sites for hydroxylation is 2. The number of piperidine rings is 1. The minimum Gasteiger partial charge on any atom is -0.343 e. The number of fused-ring (bicyclic) bond motifs is 1. The Hall–Kier alpha value is -3.14. The van der Waals surface area contributed by atoms with E-state index in [1.54, 1.807) is 30.0 Å². The molecule has 0 saturated carbocycles. The molecular formula is C22H27N5O4S. The third kappa shape index (κ3) is 4.14. The highest BCUT2D eigenvalue weighted by Gasteiger charge is 2.32. The number of aromatic amines is 1. The summed E-state index contributed by atoms with van der Waals surface area (Å²) in [4.78, 5) is 31.2. The van der Waals surface area contributed by atoms with Gasteiger partial charge in [0.15, 0.2) is 0 Å². The van der Waals surface area contributed by atoms with Crippen molar-refractivity contribution in [2.45, 2.75) is 46.1 Å². The zero-order valence-electron chi connectivity index (χ0n) is 18.6. The standard InChI is InChI=1S/C22H27N5O4S/c1-13-8-9-17(25-32(4,30)31)16(11-13)22(29)26-10-6-5-7-19(26)18-12-20-23-15(3)14(2)21(28)27(20)24-18/h8-9,11-12,19,23,25H,5-7,10H2,1-4H3/t19-/m0/s1. The summed E-state index contributed by atoms with van der Waals surface area (Å²) in [6, 6.07) is 6.57. The lowest BCUT2D eigenvalue weighted by atomic mass is 9.97. The second-order valence-electron chi connectivity index (χ2n) is 8.48. The number of nitrogens with one attached hydrogen (secondary N) is 2. The van der Waals surface area contributed by atoms with E-state index in [0.717, 1.165) is 30.4 Å². The molecule has 1 amide bonds. The summed E-state index contributed by atoms with van der Waals surface area (Å²) in [5, 5.41) is 4.53. The van der Waals surface area contributed by atoms with Crippen LogP contribution in [-0.4, -0.2) is 46.6 Å². The average molecular weight is 458 g/mol. The number of aromatic nitrogens is 3. The summed E-state index contributed by atoms with van der Waals surface area (Å²) in [7, 11) is -3.55. The minimum absolute atomic E-state index is 0.186. The Bertz CT molecular complexity index is 1370. The summed E-state index contributed by atoms with van der Waals surface area (Å²) in [6.07, 6.45) is 3.54. The van der Waals surface area contributed by atoms with Gasteiger partial charge in [0, 0.05) is 23.9 Å². The Kier molecular flexibility index (Phi) is 5.58. The summed E-state index contributed by atoms with van der Waals surface area (Å²) in [6.45, 7) is 5.97. The molecule has 2 N–H and O–H groups in total. The Labute approximate surface area is 186 Å². The highest BCUT2D eigenvalue weighted by atomic mass is 32.2. The van der Waals surface area contributed by atoms with Gasteiger partial charge in [0.1, 0.15) is 5.65 Å². The molecule has 0 radical (unpaired) electrons. The van der Waals surface area contributed by atoms with Crippen molar-refractivity contribution in [2.24, 2.45) is 0 Å². The smallest absolute Gasteiger partial charge is 0.277 e. The highest BCUT2D eigenvalue weighted by molar-refractivity contribution is 7.92. The fraction of sp³-hybridized carbons (Fsp3) is 0.409. The lowest BCUT2D eigenvalue weighted by molar-refractivity contribution is 0.0606. The molecule has 0 aliphatic carbocycles. The van der Waals surface area contributed by atoms with Crippen molar-refractivity contribution in [3.05, 3.63) is 62.7 Å². The second-order valence-corrected chi connectivity index (χ2v) is 10.2. The maximum Gasteiger partial charge on any atom is 0.277 e. The molecular weight excluding hydrogens is 430 g/mol. The van der Waals surface area contributed by atoms with Crippen LogP contribution < -0.4 is 10.3 Å². The predicted molar refractivity (Wildman–Crippen MR) is 123 cm³/mol. The normalized spacial score (nSPS) is 17.0. The first-order valence-electron chi connectivity index (χ1n) is 10.5. The molecule has 1 saturated heterocycles. The van der Waals surface area contributed by atoms with Gasteiger partial charge in [0.2, 0.25) is 10.0 Å². The number of amides is 1. The maximum absolute atomic E-state index is 13.6. The van der Waals surface area contributed by atoms with Crippen LogP contribution in [0.15, 0.2) is 29.1 Å². The first kappa shape index (κ1) is 22.1. The summed E-state index contributed by atoms with van der Waals surface area (Å²) in [5.41, 5.74) is 3.82. The number of carbonyl (C=O) groups excluding carboxylic acids is 1. The molecule has 3 aromatic rings. The Morgan fingerprint density at radius 2 is 1.94 bits per heavy atom. The van der Waals surface area contributed by atoms with Gasteiger partial charge in [-0.05, 0) is 52.2 Å². The first-order chi connectivity index (χ1) is 15.0. The van der Waals surface area contributed by atoms with E-state index in [0.29, 0.717) is 35.4 Å². The van der Waals surface area contributed by atoms with Gasteiger partial charge in [-0.15, -0.1) is 0 Å². The number of rotatable bonds is 4. The lowest BCUT2D eigenvalue weighted by Gasteiger charge is -2.35. The molecule has 3 heterocycles. The number of benzene rings is 1. The lowest BCUT2D eigenvalue weighted by Crippen LogP contribution is -2.39. The minimum atomic E-state index is -3.55. The average Bonchev–Trinajstić information content (AvgIpc) is 3.16. The van der Waals surface area contributed by atoms with E-state index < -0.39 is 10.0 Å². The summed E-state index contributed by atoms with van der Waals surface area (Å²) >= 11 is 0. The van der Waals surface area contributed by atoms with Crippen LogP contribution in [0.2, 0.25) is 0 Å². The van der Waals surface area contributed by atoms with Crippen molar-refractivity contribution in [1.82, 2.24) is 19.5 Å². The summed E-state index contributed by atoms with van der Waals surface area (Å²) in [5.74, 6) is -0.264. The highest BCUT2D eigenvalue weighted by Crippen LogP contribution is 2.33. The van der Waals surface area contributed by atoms with Gasteiger partial charge in [-0.1, -0.05) is 11.6 Å². The van der Waals surface area contributed by atoms with E-state index >= 15 is 0 Å². The summed E-state index contributed by atoms with van der Waals surface area (Å²) < 4.78 is 27.5. The zero-order valence-corrected chi connectivity index (χ0v) is 19.4. The van der Waals surface area contributed by atoms with Crippen LogP contribution in [0, 0.1) is 20.8 Å². The van der Waals surface area contributed by atoms with E-state index in [1.165, 1.54) is 4.52 Å². The van der Waals surface area contributed by atoms with Gasteiger partial charge < -0.3 is 9.88 Å². The fourth-order valence-corrected chi connectivity index (χ4v) is 4.75. The molecule has 1 fully saturated rings. The van der Waals surface area contributed by atoms with Crippen molar-refractivity contribution in [3.8, 4) is 0 Å². The SMILES string of the molecule is Cc1ccc(NS(C)(=O)=O)c(C(=O)N2CCCC[C@H]2c2cc3[nH]c(C)c(C)c(=O)n3n2)c1. The van der Waals surface area contributed by atoms with Crippen molar-refractivity contribution in [1.29, 1.82) is 0 Å². The molecule has 9 nitrogen and oxygen atoms in total. The van der Waals surface area contributed by atoms with Crippen LogP contribution in [0.4, 0.5) is 5.69 Å². The van der Waals surface area contributed by atoms with Crippen LogP contribution in [0.3, 0.4) is 0 Å². The number of sulfonamides is 1. The van der Waals surface area contributed by atoms with Gasteiger partial charge >= 0.3 is 0 Å². The van der Waals surface area contributed by atoms with E-state index in [9.17, 15) is 18.0 Å². The van der Waals surface area contributed by atoms with Gasteiger partial charge in [-0.25, -0.2) is 8.42 Å². The maximum atomic E-state index is 13.6. The van der Waals surface area contributed by atoms with Gasteiger partial charge in [0.05, 0.1) is 29.2 Å². The van der Waals surface area contributed by atoms with E-state index in [2.05, 4.69) is 14.8 Å². The van der Waals surface area contributed by atoms with Crippen LogP contribution in [-0.2, 0) is 10.0 Å². The molecule has 0 unspecified atom stereocenters. The van der Waals surface area contributed by atoms with Crippen LogP contribution in [0.1, 0.15) is 58.2 Å². The number of nitrogens with zero attached hydrogens (tertiary/aromatic N) is 3. The topological polar surface area (TPSA) is 117 Å². The fourth-order valence-electron chi connectivity index (χ4n) is 4.17. The monoisotopic (exact) mass is 457 g/mol. The van der Waals surface area contributed by atoms with Crippen LogP contribution in [0.25, 0.3) is 5.65 Å². The van der Waals surface area contributed by atoms with Crippen molar-refractivity contribution in [3.63, 3.8) is 0 Å². The number of anilines is 1. The molecule has 1 atom stereocenters. The van der Waals surface area contributed by atoms with Gasteiger partial charge in [-0.2, -0.15) is 9.61 Å². The molecule has 1 aromatic carbocycles. The molecule has 32 heavy (non-hydrogen) atoms. The number of hydrogen-bond acceptors (Lipinski definition) is 5. The van der Waals surface area contributed by atoms with E-state index in [1.807, 2.05) is 19.9 Å². The molecule has 0 bridgehead atoms. The molecule has 1 aliphatic heterocycles. The Morgan fingerprint density at radius 1 is 1.19 bits per heavy atom. The quantitative estimate of drug-likeness (QED) is 0.625. The first-order valence-corrected chi connectivity index (χ1v) is 12.4. The third-order valence-electron chi connectivity index (χ3n) is 5.93. The number of likely N-dealkylation sites (tertiary alicyclic amines) is 1. The predicted octanol–water partition coefficient (Wildman–Crippen LogP) is 2.69. The number of hydrogen-bond donors (Lipinski definition) is 2. The molecule has 2 aromatic heterocycles. The number of H-pyrrole nitrogens is 1. The van der Waals surface area contributed by atoms with Crippen LogP contribution >= 0.6 is 0 Å². The third-order valence-corrected chi connectivity index (χ3v) is 6.52. The Morgan fingerprint density at radius 3 is 2.66 bits per heavy atom. The largest absolute Gasteiger partial charge is 0.343 e. The zero-order chi connectivity index (χ0) is 23.2. The van der Waals surface area contributed by atoms with E-state index in [-0.39, 0.29) is 23.2 Å². The second kappa shape index (κ2) is 8.09. The van der Waals surface area contributed by atoms with Crippen molar-refractivity contribution >= 4 is 27.3 Å². The van der Waals surface area contributed by atoms with Crippen LogP contribution in [0.5, 0.6) is 0 Å². The van der Waals surface area contributed by atoms with Crippen molar-refractivity contribution in [2.75, 3.05) is 17.5 Å². The molecule has 170 valence electrons.